The molecule has 3 heterocycles. The number of methoxy groups -OCH3 is 3. The van der Waals surface area contributed by atoms with Crippen LogP contribution in [0.5, 0.6) is 17.2 Å². The van der Waals surface area contributed by atoms with E-state index >= 15 is 0 Å². The lowest BCUT2D eigenvalue weighted by Gasteiger charge is -2.46. The van der Waals surface area contributed by atoms with E-state index in [2.05, 4.69) is 22.3 Å². The second-order valence-corrected chi connectivity index (χ2v) is 11.7. The van der Waals surface area contributed by atoms with Gasteiger partial charge in [-0.15, -0.1) is 0 Å². The Morgan fingerprint density at radius 2 is 1.66 bits per heavy atom. The van der Waals surface area contributed by atoms with Gasteiger partial charge in [-0.25, -0.2) is 4.39 Å². The number of carbonyl (C=O) groups excluding carboxylic acids is 2. The van der Waals surface area contributed by atoms with E-state index in [1.165, 1.54) is 39.0 Å². The van der Waals surface area contributed by atoms with Gasteiger partial charge in [0.25, 0.3) is 5.91 Å². The zero-order valence-corrected chi connectivity index (χ0v) is 25.4. The summed E-state index contributed by atoms with van der Waals surface area (Å²) in [4.78, 5) is 30.4. The summed E-state index contributed by atoms with van der Waals surface area (Å²) < 4.78 is 36.7. The summed E-state index contributed by atoms with van der Waals surface area (Å²) in [6.07, 6.45) is 2.65. The molecule has 3 aliphatic heterocycles. The molecule has 0 radical (unpaired) electrons. The summed E-state index contributed by atoms with van der Waals surface area (Å²) in [5.74, 6) is 0.691. The molecule has 6 rings (SSSR count). The fourth-order valence-corrected chi connectivity index (χ4v) is 6.93. The summed E-state index contributed by atoms with van der Waals surface area (Å²) in [5.41, 5.74) is 2.38. The Morgan fingerprint density at radius 3 is 2.32 bits per heavy atom. The van der Waals surface area contributed by atoms with Crippen molar-refractivity contribution < 1.29 is 32.9 Å². The number of nitrogens with one attached hydrogen (secondary N) is 1. The number of hydrogen-bond acceptors (Lipinski definition) is 7. The van der Waals surface area contributed by atoms with Crippen molar-refractivity contribution >= 4 is 11.8 Å². The van der Waals surface area contributed by atoms with Crippen molar-refractivity contribution in [3.05, 3.63) is 88.7 Å². The van der Waals surface area contributed by atoms with Gasteiger partial charge in [0, 0.05) is 25.2 Å². The van der Waals surface area contributed by atoms with Crippen LogP contribution in [0.1, 0.15) is 46.3 Å². The molecule has 3 aromatic carbocycles. The molecule has 1 atom stereocenters. The number of piperidine rings is 1. The second-order valence-electron chi connectivity index (χ2n) is 11.7. The molecule has 0 unspecified atom stereocenters. The molecule has 0 saturated carbocycles. The molecule has 1 N–H and O–H groups in total. The lowest BCUT2D eigenvalue weighted by Crippen LogP contribution is -2.56. The van der Waals surface area contributed by atoms with Gasteiger partial charge in [-0.1, -0.05) is 36.4 Å². The molecule has 2 saturated heterocycles. The van der Waals surface area contributed by atoms with E-state index in [-0.39, 0.29) is 29.9 Å². The molecule has 2 fully saturated rings. The van der Waals surface area contributed by atoms with E-state index in [1.807, 2.05) is 12.1 Å². The van der Waals surface area contributed by atoms with Crippen LogP contribution in [0.25, 0.3) is 0 Å². The molecule has 9 nitrogen and oxygen atoms in total. The first-order valence-corrected chi connectivity index (χ1v) is 14.9. The maximum atomic E-state index is 13.9. The van der Waals surface area contributed by atoms with Gasteiger partial charge in [-0.3, -0.25) is 9.59 Å². The van der Waals surface area contributed by atoms with Crippen molar-refractivity contribution in [2.75, 3.05) is 54.2 Å². The molecular weight excluding hydrogens is 565 g/mol. The Morgan fingerprint density at radius 1 is 0.977 bits per heavy atom. The fraction of sp³-hybridized carbons (Fsp3) is 0.412. The zero-order valence-electron chi connectivity index (χ0n) is 25.4. The van der Waals surface area contributed by atoms with E-state index in [9.17, 15) is 14.0 Å². The third-order valence-electron chi connectivity index (χ3n) is 9.32. The molecule has 1 spiro atoms. The van der Waals surface area contributed by atoms with Gasteiger partial charge in [-0.2, -0.15) is 0 Å². The number of halogens is 1. The molecule has 3 aromatic rings. The Bertz CT molecular complexity index is 1510. The first kappa shape index (κ1) is 29.9. The lowest BCUT2D eigenvalue weighted by molar-refractivity contribution is -0.124. The Balaban J connectivity index is 1.19. The van der Waals surface area contributed by atoms with Crippen LogP contribution in [0.2, 0.25) is 0 Å². The first-order valence-electron chi connectivity index (χ1n) is 14.9. The summed E-state index contributed by atoms with van der Waals surface area (Å²) in [5, 5.41) is 3.31. The van der Waals surface area contributed by atoms with Crippen molar-refractivity contribution in [2.45, 2.75) is 36.8 Å². The van der Waals surface area contributed by atoms with Gasteiger partial charge in [0.05, 0.1) is 39.8 Å². The normalized spacial score (nSPS) is 21.1. The van der Waals surface area contributed by atoms with Crippen LogP contribution in [0.3, 0.4) is 0 Å². The van der Waals surface area contributed by atoms with E-state index in [0.29, 0.717) is 42.2 Å². The number of carbonyl (C=O) groups is 2. The summed E-state index contributed by atoms with van der Waals surface area (Å²) in [6, 6.07) is 17.8. The van der Waals surface area contributed by atoms with Gasteiger partial charge >= 0.3 is 0 Å². The van der Waals surface area contributed by atoms with Crippen molar-refractivity contribution in [1.82, 2.24) is 15.1 Å². The van der Waals surface area contributed by atoms with Crippen molar-refractivity contribution in [1.29, 1.82) is 0 Å². The Hall–Kier alpha value is -4.15. The predicted octanol–water partition coefficient (Wildman–Crippen LogP) is 4.23. The minimum atomic E-state index is -0.815. The van der Waals surface area contributed by atoms with Crippen LogP contribution in [-0.2, 0) is 27.1 Å². The van der Waals surface area contributed by atoms with Gasteiger partial charge in [-0.05, 0) is 60.2 Å². The average molecular weight is 604 g/mol. The number of benzene rings is 3. The number of fused-ring (bicyclic) bond motifs is 2. The van der Waals surface area contributed by atoms with E-state index < -0.39 is 5.60 Å². The minimum Gasteiger partial charge on any atom is -0.493 e. The van der Waals surface area contributed by atoms with Gasteiger partial charge in [0.2, 0.25) is 11.7 Å². The topological polar surface area (TPSA) is 89.6 Å². The lowest BCUT2D eigenvalue weighted by atomic mass is 9.75. The maximum absolute atomic E-state index is 13.9. The largest absolute Gasteiger partial charge is 0.493 e. The predicted molar refractivity (Wildman–Crippen MR) is 161 cm³/mol. The van der Waals surface area contributed by atoms with Crippen molar-refractivity contribution in [3.63, 3.8) is 0 Å². The maximum Gasteiger partial charge on any atom is 0.256 e. The van der Waals surface area contributed by atoms with Crippen LogP contribution in [0.15, 0.2) is 60.7 Å². The second kappa shape index (κ2) is 12.1. The molecule has 10 heteroatoms. The van der Waals surface area contributed by atoms with Crippen molar-refractivity contribution in [3.8, 4) is 17.2 Å². The average Bonchev–Trinajstić information content (AvgIpc) is 3.49. The SMILES string of the molecule is COc1cc(C(=O)N2CO[C@](CCN3CCC4(CC3)NC(=O)Cc3ccccc34)(c3ccc(F)cc3)C2)cc(OC)c1OC. The van der Waals surface area contributed by atoms with Gasteiger partial charge in [0.1, 0.15) is 18.1 Å². The van der Waals surface area contributed by atoms with Gasteiger partial charge in [0.15, 0.2) is 11.5 Å². The number of rotatable bonds is 8. The van der Waals surface area contributed by atoms with Gasteiger partial charge < -0.3 is 34.1 Å². The number of nitrogens with zero attached hydrogens (tertiary/aromatic N) is 2. The van der Waals surface area contributed by atoms with E-state index in [4.69, 9.17) is 18.9 Å². The summed E-state index contributed by atoms with van der Waals surface area (Å²) in [6.45, 7) is 2.72. The molecular formula is C34H38FN3O6. The third-order valence-corrected chi connectivity index (χ3v) is 9.32. The number of hydrogen-bond donors (Lipinski definition) is 1. The molecule has 44 heavy (non-hydrogen) atoms. The quantitative estimate of drug-likeness (QED) is 0.412. The molecule has 232 valence electrons. The highest BCUT2D eigenvalue weighted by atomic mass is 19.1. The molecule has 0 aliphatic carbocycles. The highest BCUT2D eigenvalue weighted by molar-refractivity contribution is 5.96. The number of likely N-dealkylation sites (tertiary alicyclic amines) is 1. The Labute approximate surface area is 256 Å². The molecule has 0 aromatic heterocycles. The highest BCUT2D eigenvalue weighted by Crippen LogP contribution is 2.42. The molecule has 2 amide bonds. The molecule has 0 bridgehead atoms. The monoisotopic (exact) mass is 603 g/mol. The zero-order chi connectivity index (χ0) is 30.9. The van der Waals surface area contributed by atoms with Crippen LogP contribution < -0.4 is 19.5 Å². The standard InChI is InChI=1S/C34H38FN3O6/c1-41-28-18-24(19-29(42-2)31(28)43-3)32(40)38-21-34(44-22-38,25-8-10-26(35)11-9-25)14-17-37-15-12-33(13-16-37)27-7-5-4-6-23(27)20-30(39)36-33/h4-11,18-19H,12-17,20-22H2,1-3H3,(H,36,39)/t34-/m0/s1. The van der Waals surface area contributed by atoms with Crippen LogP contribution >= 0.6 is 0 Å². The van der Waals surface area contributed by atoms with Crippen LogP contribution in [-0.4, -0.2) is 75.9 Å². The fourth-order valence-electron chi connectivity index (χ4n) is 6.93. The van der Waals surface area contributed by atoms with E-state index in [0.717, 1.165) is 43.6 Å². The minimum absolute atomic E-state index is 0.0728. The number of ether oxygens (including phenoxy) is 4. The summed E-state index contributed by atoms with van der Waals surface area (Å²) in [7, 11) is 4.53. The smallest absolute Gasteiger partial charge is 0.256 e. The van der Waals surface area contributed by atoms with Crippen LogP contribution in [0, 0.1) is 5.82 Å². The Kier molecular flexibility index (Phi) is 8.22. The first-order chi connectivity index (χ1) is 21.3. The number of amides is 2. The van der Waals surface area contributed by atoms with Crippen molar-refractivity contribution in [2.24, 2.45) is 0 Å². The highest BCUT2D eigenvalue weighted by Gasteiger charge is 2.45. The molecule has 3 aliphatic rings. The van der Waals surface area contributed by atoms with E-state index in [1.54, 1.807) is 29.2 Å². The van der Waals surface area contributed by atoms with Crippen LogP contribution in [0.4, 0.5) is 4.39 Å². The summed E-state index contributed by atoms with van der Waals surface area (Å²) >= 11 is 0. The third kappa shape index (κ3) is 5.48.